The largest absolute Gasteiger partial charge is 0.335 e. The normalized spacial score (nSPS) is 12.9. The van der Waals surface area contributed by atoms with Gasteiger partial charge in [0.05, 0.1) is 6.04 Å². The van der Waals surface area contributed by atoms with Crippen molar-refractivity contribution in [3.05, 3.63) is 35.4 Å². The van der Waals surface area contributed by atoms with E-state index in [2.05, 4.69) is 0 Å². The molecule has 1 rings (SSSR count). The summed E-state index contributed by atoms with van der Waals surface area (Å²) in [5.74, 6) is -0.0550. The minimum atomic E-state index is -0.476. The van der Waals surface area contributed by atoms with Gasteiger partial charge in [0.25, 0.3) is 0 Å². The van der Waals surface area contributed by atoms with Gasteiger partial charge in [-0.3, -0.25) is 9.59 Å². The van der Waals surface area contributed by atoms with Gasteiger partial charge in [-0.1, -0.05) is 50.6 Å². The monoisotopic (exact) mass is 261 g/mol. The Morgan fingerprint density at radius 3 is 2.00 bits per heavy atom. The van der Waals surface area contributed by atoms with E-state index >= 15 is 0 Å². The molecular formula is C16H23NO2. The highest BCUT2D eigenvalue weighted by atomic mass is 16.2. The number of ketones is 1. The highest BCUT2D eigenvalue weighted by molar-refractivity contribution is 6.02. The second-order valence-corrected chi connectivity index (χ2v) is 6.07. The molecule has 0 radical (unpaired) electrons. The van der Waals surface area contributed by atoms with Crippen LogP contribution in [0.4, 0.5) is 0 Å². The SMILES string of the molecule is Cc1ccc(C(=O)C(C)N(C)C(=O)C(C)(C)C)cc1. The van der Waals surface area contributed by atoms with Gasteiger partial charge in [0.2, 0.25) is 5.91 Å². The second kappa shape index (κ2) is 5.55. The molecule has 0 bridgehead atoms. The number of carbonyl (C=O) groups is 2. The Morgan fingerprint density at radius 1 is 1.11 bits per heavy atom. The Morgan fingerprint density at radius 2 is 1.58 bits per heavy atom. The van der Waals surface area contributed by atoms with Gasteiger partial charge in [-0.2, -0.15) is 0 Å². The van der Waals surface area contributed by atoms with Crippen LogP contribution in [-0.2, 0) is 4.79 Å². The maximum absolute atomic E-state index is 12.3. The van der Waals surface area contributed by atoms with Crippen LogP contribution in [0.3, 0.4) is 0 Å². The van der Waals surface area contributed by atoms with Crippen LogP contribution in [0.2, 0.25) is 0 Å². The standard InChI is InChI=1S/C16H23NO2/c1-11-7-9-13(10-8-11)14(18)12(2)17(6)15(19)16(3,4)5/h7-10,12H,1-6H3. The molecule has 0 aliphatic heterocycles. The van der Waals surface area contributed by atoms with E-state index in [1.165, 1.54) is 4.90 Å². The van der Waals surface area contributed by atoms with E-state index < -0.39 is 11.5 Å². The second-order valence-electron chi connectivity index (χ2n) is 6.07. The Bertz CT molecular complexity index is 469. The van der Waals surface area contributed by atoms with E-state index in [0.29, 0.717) is 5.56 Å². The van der Waals surface area contributed by atoms with Crippen molar-refractivity contribution < 1.29 is 9.59 Å². The van der Waals surface area contributed by atoms with Crippen LogP contribution in [0.1, 0.15) is 43.6 Å². The van der Waals surface area contributed by atoms with E-state index in [-0.39, 0.29) is 11.7 Å². The number of hydrogen-bond acceptors (Lipinski definition) is 2. The first-order chi connectivity index (χ1) is 8.64. The summed E-state index contributed by atoms with van der Waals surface area (Å²) in [6, 6.07) is 6.99. The number of nitrogens with zero attached hydrogens (tertiary/aromatic N) is 1. The molecule has 0 saturated carbocycles. The lowest BCUT2D eigenvalue weighted by Gasteiger charge is -2.30. The van der Waals surface area contributed by atoms with Crippen molar-refractivity contribution in [3.8, 4) is 0 Å². The van der Waals surface area contributed by atoms with Gasteiger partial charge >= 0.3 is 0 Å². The van der Waals surface area contributed by atoms with E-state index in [4.69, 9.17) is 0 Å². The Hall–Kier alpha value is -1.64. The topological polar surface area (TPSA) is 37.4 Å². The predicted octanol–water partition coefficient (Wildman–Crippen LogP) is 3.07. The minimum Gasteiger partial charge on any atom is -0.335 e. The van der Waals surface area contributed by atoms with Crippen LogP contribution in [0.5, 0.6) is 0 Å². The third-order valence-electron chi connectivity index (χ3n) is 3.26. The Kier molecular flexibility index (Phi) is 4.51. The van der Waals surface area contributed by atoms with E-state index in [1.807, 2.05) is 52.0 Å². The molecule has 19 heavy (non-hydrogen) atoms. The molecule has 1 amide bonds. The van der Waals surface area contributed by atoms with Crippen molar-refractivity contribution in [1.29, 1.82) is 0 Å². The lowest BCUT2D eigenvalue weighted by molar-refractivity contribution is -0.139. The molecule has 0 aromatic heterocycles. The van der Waals surface area contributed by atoms with Crippen molar-refractivity contribution in [1.82, 2.24) is 4.90 Å². The third kappa shape index (κ3) is 3.66. The zero-order chi connectivity index (χ0) is 14.8. The van der Waals surface area contributed by atoms with Gasteiger partial charge in [0.1, 0.15) is 0 Å². The average molecular weight is 261 g/mol. The molecule has 0 heterocycles. The first-order valence-electron chi connectivity index (χ1n) is 6.52. The molecule has 0 saturated heterocycles. The molecule has 0 N–H and O–H groups in total. The van der Waals surface area contributed by atoms with Crippen molar-refractivity contribution >= 4 is 11.7 Å². The van der Waals surface area contributed by atoms with Crippen LogP contribution in [0.15, 0.2) is 24.3 Å². The zero-order valence-electron chi connectivity index (χ0n) is 12.7. The predicted molar refractivity (Wildman–Crippen MR) is 77.2 cm³/mol. The molecule has 0 aliphatic rings. The van der Waals surface area contributed by atoms with Crippen molar-refractivity contribution in [2.75, 3.05) is 7.05 Å². The molecular weight excluding hydrogens is 238 g/mol. The van der Waals surface area contributed by atoms with Gasteiger partial charge in [0.15, 0.2) is 5.78 Å². The van der Waals surface area contributed by atoms with Gasteiger partial charge in [-0.05, 0) is 13.8 Å². The molecule has 3 heteroatoms. The molecule has 1 atom stereocenters. The smallest absolute Gasteiger partial charge is 0.228 e. The first kappa shape index (κ1) is 15.4. The minimum absolute atomic E-state index is 0.0274. The third-order valence-corrected chi connectivity index (χ3v) is 3.26. The lowest BCUT2D eigenvalue weighted by atomic mass is 9.93. The summed E-state index contributed by atoms with van der Waals surface area (Å²) >= 11 is 0. The summed E-state index contributed by atoms with van der Waals surface area (Å²) in [6.45, 7) is 9.32. The summed E-state index contributed by atoms with van der Waals surface area (Å²) in [4.78, 5) is 26.0. The maximum Gasteiger partial charge on any atom is 0.228 e. The van der Waals surface area contributed by atoms with Crippen molar-refractivity contribution in [2.45, 2.75) is 40.7 Å². The van der Waals surface area contributed by atoms with E-state index in [9.17, 15) is 9.59 Å². The fourth-order valence-electron chi connectivity index (χ4n) is 1.84. The Labute approximate surface area is 115 Å². The maximum atomic E-state index is 12.3. The van der Waals surface area contributed by atoms with Crippen LogP contribution < -0.4 is 0 Å². The number of amides is 1. The molecule has 0 aliphatic carbocycles. The molecule has 1 unspecified atom stereocenters. The van der Waals surface area contributed by atoms with Crippen LogP contribution >= 0.6 is 0 Å². The van der Waals surface area contributed by atoms with E-state index in [0.717, 1.165) is 5.56 Å². The highest BCUT2D eigenvalue weighted by Gasteiger charge is 2.30. The number of aryl methyl sites for hydroxylation is 1. The average Bonchev–Trinajstić information content (AvgIpc) is 2.35. The fourth-order valence-corrected chi connectivity index (χ4v) is 1.84. The van der Waals surface area contributed by atoms with E-state index in [1.54, 1.807) is 14.0 Å². The zero-order valence-corrected chi connectivity index (χ0v) is 12.7. The summed E-state index contributed by atoms with van der Waals surface area (Å²) in [6.07, 6.45) is 0. The fraction of sp³-hybridized carbons (Fsp3) is 0.500. The highest BCUT2D eigenvalue weighted by Crippen LogP contribution is 2.19. The summed E-state index contributed by atoms with van der Waals surface area (Å²) < 4.78 is 0. The van der Waals surface area contributed by atoms with Gasteiger partial charge in [-0.25, -0.2) is 0 Å². The lowest BCUT2D eigenvalue weighted by Crippen LogP contribution is -2.45. The molecule has 1 aromatic carbocycles. The van der Waals surface area contributed by atoms with Crippen molar-refractivity contribution in [2.24, 2.45) is 5.41 Å². The number of Topliss-reactive ketones (excluding diaryl/α,β-unsaturated/α-hetero) is 1. The van der Waals surface area contributed by atoms with Crippen molar-refractivity contribution in [3.63, 3.8) is 0 Å². The summed E-state index contributed by atoms with van der Waals surface area (Å²) in [5, 5.41) is 0. The van der Waals surface area contributed by atoms with Crippen LogP contribution in [0.25, 0.3) is 0 Å². The van der Waals surface area contributed by atoms with Crippen LogP contribution in [-0.4, -0.2) is 29.7 Å². The molecule has 3 nitrogen and oxygen atoms in total. The van der Waals surface area contributed by atoms with Gasteiger partial charge in [0, 0.05) is 18.0 Å². The molecule has 104 valence electrons. The quantitative estimate of drug-likeness (QED) is 0.784. The number of benzene rings is 1. The van der Waals surface area contributed by atoms with Gasteiger partial charge < -0.3 is 4.90 Å². The first-order valence-corrected chi connectivity index (χ1v) is 6.52. The molecule has 0 fully saturated rings. The number of likely N-dealkylation sites (N-methyl/N-ethyl adjacent to an activating group) is 1. The van der Waals surface area contributed by atoms with Crippen LogP contribution in [0, 0.1) is 12.3 Å². The summed E-state index contributed by atoms with van der Waals surface area (Å²) in [5.41, 5.74) is 1.28. The number of hydrogen-bond donors (Lipinski definition) is 0. The molecule has 0 spiro atoms. The molecule has 1 aromatic rings. The number of rotatable bonds is 3. The number of carbonyl (C=O) groups excluding carboxylic acids is 2. The Balaban J connectivity index is 2.88. The van der Waals surface area contributed by atoms with Gasteiger partial charge in [-0.15, -0.1) is 0 Å². The summed E-state index contributed by atoms with van der Waals surface area (Å²) in [7, 11) is 1.68.